The van der Waals surface area contributed by atoms with Gasteiger partial charge in [-0.3, -0.25) is 0 Å². The number of hydrogen-bond donors (Lipinski definition) is 0. The highest BCUT2D eigenvalue weighted by molar-refractivity contribution is 6.68. The van der Waals surface area contributed by atoms with Crippen molar-refractivity contribution in [1.29, 1.82) is 0 Å². The Balaban J connectivity index is 2.64. The van der Waals surface area contributed by atoms with E-state index in [9.17, 15) is 0 Å². The second-order valence-electron chi connectivity index (χ2n) is 3.68. The summed E-state index contributed by atoms with van der Waals surface area (Å²) < 4.78 is 34.3. The second kappa shape index (κ2) is 7.70. The van der Waals surface area contributed by atoms with E-state index in [0.717, 1.165) is 0 Å². The van der Waals surface area contributed by atoms with Gasteiger partial charge < -0.3 is 26.6 Å². The van der Waals surface area contributed by atoms with Crippen LogP contribution in [0.5, 0.6) is 0 Å². The van der Waals surface area contributed by atoms with Gasteiger partial charge in [-0.05, 0) is 27.7 Å². The van der Waals surface area contributed by atoms with Gasteiger partial charge in [-0.25, -0.2) is 0 Å². The molecule has 1 heterocycles. The van der Waals surface area contributed by atoms with E-state index in [2.05, 4.69) is 0 Å². The van der Waals surface area contributed by atoms with Crippen LogP contribution in [0.15, 0.2) is 0 Å². The Morgan fingerprint density at radius 2 is 0.944 bits per heavy atom. The van der Waals surface area contributed by atoms with Gasteiger partial charge in [0.1, 0.15) is 12.5 Å². The van der Waals surface area contributed by atoms with E-state index in [0.29, 0.717) is 38.9 Å². The summed E-state index contributed by atoms with van der Waals surface area (Å²) in [6, 6.07) is 0. The Bertz CT molecular complexity index is 192. The molecule has 1 fully saturated rings. The lowest BCUT2D eigenvalue weighted by Crippen LogP contribution is -2.65. The topological polar surface area (TPSA) is 55.4 Å². The smallest absolute Gasteiger partial charge is 0.372 e. The third-order valence-corrected chi connectivity index (χ3v) is 8.05. The van der Waals surface area contributed by atoms with Gasteiger partial charge in [-0.1, -0.05) is 0 Å². The van der Waals surface area contributed by atoms with E-state index in [1.165, 1.54) is 0 Å². The minimum absolute atomic E-state index is 0.306. The summed E-state index contributed by atoms with van der Waals surface area (Å²) in [5, 5.41) is 0. The molecule has 0 aliphatic carbocycles. The molecule has 0 aromatic rings. The molecular formula is C10H24O6Si2. The van der Waals surface area contributed by atoms with E-state index < -0.39 is 17.6 Å². The maximum absolute atomic E-state index is 5.85. The summed E-state index contributed by atoms with van der Waals surface area (Å²) in [7, 11) is -5.35. The van der Waals surface area contributed by atoms with Crippen molar-refractivity contribution in [2.75, 3.05) is 38.9 Å². The molecule has 1 aliphatic heterocycles. The Hall–Kier alpha value is 0.194. The van der Waals surface area contributed by atoms with Gasteiger partial charge in [-0.15, -0.1) is 0 Å². The lowest BCUT2D eigenvalue weighted by atomic mass is 10.9. The molecule has 1 rings (SSSR count). The van der Waals surface area contributed by atoms with Gasteiger partial charge in [0.2, 0.25) is 0 Å². The largest absolute Gasteiger partial charge is 0.526 e. The van der Waals surface area contributed by atoms with Crippen LogP contribution < -0.4 is 0 Å². The Kier molecular flexibility index (Phi) is 6.95. The summed E-state index contributed by atoms with van der Waals surface area (Å²) >= 11 is 0. The predicted octanol–water partition coefficient (Wildman–Crippen LogP) is 1.14. The fraction of sp³-hybridized carbons (Fsp3) is 1.00. The number of rotatable bonds is 8. The van der Waals surface area contributed by atoms with Crippen LogP contribution in [0.3, 0.4) is 0 Å². The highest BCUT2D eigenvalue weighted by Gasteiger charge is 2.56. The third-order valence-electron chi connectivity index (χ3n) is 2.39. The molecule has 18 heavy (non-hydrogen) atoms. The molecule has 0 saturated carbocycles. The quantitative estimate of drug-likeness (QED) is 0.626. The van der Waals surface area contributed by atoms with Crippen LogP contribution in [-0.4, -0.2) is 56.5 Å². The van der Waals surface area contributed by atoms with Gasteiger partial charge in [0.15, 0.2) is 0 Å². The lowest BCUT2D eigenvalue weighted by Gasteiger charge is -2.39. The van der Waals surface area contributed by atoms with Crippen LogP contribution in [0.1, 0.15) is 27.7 Å². The Morgan fingerprint density at radius 1 is 0.667 bits per heavy atom. The van der Waals surface area contributed by atoms with E-state index in [4.69, 9.17) is 26.6 Å². The first-order valence-corrected chi connectivity index (χ1v) is 10.4. The van der Waals surface area contributed by atoms with Crippen molar-refractivity contribution in [1.82, 2.24) is 0 Å². The van der Waals surface area contributed by atoms with Crippen LogP contribution >= 0.6 is 0 Å². The summed E-state index contributed by atoms with van der Waals surface area (Å²) in [6.07, 6.45) is 0.613. The van der Waals surface area contributed by atoms with Crippen molar-refractivity contribution in [3.05, 3.63) is 0 Å². The van der Waals surface area contributed by atoms with Gasteiger partial charge >= 0.3 is 17.6 Å². The first-order valence-electron chi connectivity index (χ1n) is 6.49. The summed E-state index contributed by atoms with van der Waals surface area (Å²) in [6.45, 7) is 9.87. The summed E-state index contributed by atoms with van der Waals surface area (Å²) in [4.78, 5) is 0. The molecule has 0 radical (unpaired) electrons. The van der Waals surface area contributed by atoms with E-state index in [1.807, 2.05) is 27.7 Å². The van der Waals surface area contributed by atoms with Crippen LogP contribution in [0.4, 0.5) is 0 Å². The van der Waals surface area contributed by atoms with Crippen molar-refractivity contribution in [3.8, 4) is 0 Å². The SMILES string of the molecule is CCO[Si]1(OCC)CO[Si](OCC)(OCC)CO1. The molecule has 0 spiro atoms. The van der Waals surface area contributed by atoms with Crippen molar-refractivity contribution >= 4 is 17.6 Å². The van der Waals surface area contributed by atoms with Crippen LogP contribution in [0.25, 0.3) is 0 Å². The summed E-state index contributed by atoms with van der Waals surface area (Å²) in [5.41, 5.74) is 0. The third kappa shape index (κ3) is 4.10. The molecular weight excluding hydrogens is 272 g/mol. The molecule has 0 unspecified atom stereocenters. The van der Waals surface area contributed by atoms with Crippen molar-refractivity contribution in [2.24, 2.45) is 0 Å². The van der Waals surface area contributed by atoms with Gasteiger partial charge in [0.25, 0.3) is 0 Å². The molecule has 6 nitrogen and oxygen atoms in total. The lowest BCUT2D eigenvalue weighted by molar-refractivity contribution is -0.0188. The minimum atomic E-state index is -2.68. The van der Waals surface area contributed by atoms with E-state index >= 15 is 0 Å². The standard InChI is InChI=1S/C10H24O6Si2/c1-5-11-17(12-6-2)9-16-18(10-15-17,13-7-3)14-8-4/h5-10H2,1-4H3. The average molecular weight is 296 g/mol. The summed E-state index contributed by atoms with van der Waals surface area (Å²) in [5.74, 6) is 0. The molecule has 8 heteroatoms. The van der Waals surface area contributed by atoms with Gasteiger partial charge in [0.05, 0.1) is 0 Å². The van der Waals surface area contributed by atoms with E-state index in [1.54, 1.807) is 0 Å². The molecule has 0 bridgehead atoms. The first kappa shape index (κ1) is 16.2. The van der Waals surface area contributed by atoms with Crippen molar-refractivity contribution < 1.29 is 26.6 Å². The zero-order valence-electron chi connectivity index (χ0n) is 11.7. The van der Waals surface area contributed by atoms with Crippen molar-refractivity contribution in [3.63, 3.8) is 0 Å². The van der Waals surface area contributed by atoms with Gasteiger partial charge in [0, 0.05) is 26.4 Å². The zero-order valence-corrected chi connectivity index (χ0v) is 13.7. The second-order valence-corrected chi connectivity index (χ2v) is 8.72. The molecule has 0 N–H and O–H groups in total. The molecule has 0 atom stereocenters. The van der Waals surface area contributed by atoms with Crippen molar-refractivity contribution in [2.45, 2.75) is 27.7 Å². The zero-order chi connectivity index (χ0) is 13.5. The fourth-order valence-electron chi connectivity index (χ4n) is 1.78. The normalized spacial score (nSPS) is 22.0. The van der Waals surface area contributed by atoms with Crippen LogP contribution in [0, 0.1) is 0 Å². The number of hydrogen-bond acceptors (Lipinski definition) is 6. The highest BCUT2D eigenvalue weighted by Crippen LogP contribution is 2.23. The average Bonchev–Trinajstić information content (AvgIpc) is 2.35. The maximum atomic E-state index is 5.85. The Labute approximate surface area is 111 Å². The minimum Gasteiger partial charge on any atom is -0.372 e. The Morgan fingerprint density at radius 3 is 1.11 bits per heavy atom. The predicted molar refractivity (Wildman–Crippen MR) is 69.9 cm³/mol. The molecule has 1 saturated heterocycles. The van der Waals surface area contributed by atoms with Crippen LogP contribution in [-0.2, 0) is 26.6 Å². The molecule has 0 aromatic heterocycles. The van der Waals surface area contributed by atoms with E-state index in [-0.39, 0.29) is 0 Å². The molecule has 1 aliphatic rings. The maximum Gasteiger partial charge on any atom is 0.526 e. The van der Waals surface area contributed by atoms with Crippen LogP contribution in [0.2, 0.25) is 0 Å². The van der Waals surface area contributed by atoms with Gasteiger partial charge in [-0.2, -0.15) is 0 Å². The highest BCUT2D eigenvalue weighted by atomic mass is 28.4. The fourth-order valence-corrected chi connectivity index (χ4v) is 7.71. The molecule has 108 valence electrons. The molecule has 0 amide bonds. The molecule has 0 aromatic carbocycles. The monoisotopic (exact) mass is 296 g/mol. The first-order chi connectivity index (χ1) is 8.66.